The zero-order valence-corrected chi connectivity index (χ0v) is 12.0. The van der Waals surface area contributed by atoms with Gasteiger partial charge in [0.25, 0.3) is 5.91 Å². The van der Waals surface area contributed by atoms with Gasteiger partial charge < -0.3 is 10.1 Å². The minimum absolute atomic E-state index is 0.0459. The Labute approximate surface area is 130 Å². The van der Waals surface area contributed by atoms with E-state index in [0.717, 1.165) is 0 Å². The number of H-pyrrole nitrogens is 1. The van der Waals surface area contributed by atoms with Crippen LogP contribution >= 0.6 is 0 Å². The maximum atomic E-state index is 12.3. The van der Waals surface area contributed by atoms with Crippen molar-refractivity contribution in [2.24, 2.45) is 0 Å². The van der Waals surface area contributed by atoms with Crippen LogP contribution in [-0.4, -0.2) is 16.0 Å². The third-order valence-electron chi connectivity index (χ3n) is 3.00. The second-order valence-electron chi connectivity index (χ2n) is 4.64. The summed E-state index contributed by atoms with van der Waals surface area (Å²) in [7, 11) is 0. The molecule has 7 nitrogen and oxygen atoms in total. The number of aromatic nitrogens is 2. The number of nitrogens with zero attached hydrogens (tertiary/aromatic N) is 1. The fraction of sp³-hybridized carbons (Fsp3) is 0.0625. The largest absolute Gasteiger partial charge is 0.457 e. The molecule has 1 heterocycles. The second kappa shape index (κ2) is 6.61. The van der Waals surface area contributed by atoms with Gasteiger partial charge in [0.1, 0.15) is 11.5 Å². The first-order valence-electron chi connectivity index (χ1n) is 6.87. The first kappa shape index (κ1) is 14.6. The topological polar surface area (TPSA) is 97.2 Å². The predicted molar refractivity (Wildman–Crippen MR) is 81.3 cm³/mol. The Kier molecular flexibility index (Phi) is 4.19. The molecule has 7 heteroatoms. The van der Waals surface area contributed by atoms with Gasteiger partial charge in [-0.15, -0.1) is 0 Å². The molecule has 1 aromatic heterocycles. The molecule has 0 unspecified atom stereocenters. The highest BCUT2D eigenvalue weighted by atomic mass is 16.5. The standard InChI is InChI=1S/C16H13N3O4/c20-15(17-10-14-18-16(21)23-19-14)12-8-4-5-9-13(12)22-11-6-2-1-3-7-11/h1-9H,10H2,(H,17,20)(H,18,19,21). The molecule has 0 aliphatic rings. The average molecular weight is 311 g/mol. The van der Waals surface area contributed by atoms with Gasteiger partial charge in [0.15, 0.2) is 5.82 Å². The van der Waals surface area contributed by atoms with Gasteiger partial charge in [-0.05, 0) is 24.3 Å². The molecule has 0 fully saturated rings. The van der Waals surface area contributed by atoms with E-state index in [0.29, 0.717) is 17.1 Å². The maximum Gasteiger partial charge on any atom is 0.438 e. The minimum Gasteiger partial charge on any atom is -0.457 e. The fourth-order valence-corrected chi connectivity index (χ4v) is 1.95. The molecule has 0 atom stereocenters. The van der Waals surface area contributed by atoms with Crippen LogP contribution in [0.25, 0.3) is 0 Å². The first-order valence-corrected chi connectivity index (χ1v) is 6.87. The van der Waals surface area contributed by atoms with Crippen LogP contribution in [0.1, 0.15) is 16.2 Å². The summed E-state index contributed by atoms with van der Waals surface area (Å²) in [5.41, 5.74) is 0.377. The smallest absolute Gasteiger partial charge is 0.438 e. The number of hydrogen-bond donors (Lipinski definition) is 2. The maximum absolute atomic E-state index is 12.3. The summed E-state index contributed by atoms with van der Waals surface area (Å²) in [5, 5.41) is 6.13. The normalized spacial score (nSPS) is 10.3. The van der Waals surface area contributed by atoms with Crippen molar-refractivity contribution in [1.82, 2.24) is 15.5 Å². The lowest BCUT2D eigenvalue weighted by atomic mass is 10.2. The Hall–Kier alpha value is -3.35. The number of nitrogens with one attached hydrogen (secondary N) is 2. The summed E-state index contributed by atoms with van der Waals surface area (Å²) in [6, 6.07) is 16.1. The molecule has 0 bridgehead atoms. The third-order valence-corrected chi connectivity index (χ3v) is 3.00. The average Bonchev–Trinajstić information content (AvgIpc) is 3.00. The van der Waals surface area contributed by atoms with Crippen molar-refractivity contribution in [3.63, 3.8) is 0 Å². The van der Waals surface area contributed by atoms with Crippen LogP contribution in [0.2, 0.25) is 0 Å². The molecule has 0 aliphatic heterocycles. The number of amides is 1. The fourth-order valence-electron chi connectivity index (χ4n) is 1.95. The van der Waals surface area contributed by atoms with Crippen molar-refractivity contribution in [1.29, 1.82) is 0 Å². The number of benzene rings is 2. The van der Waals surface area contributed by atoms with Crippen LogP contribution in [0, 0.1) is 0 Å². The van der Waals surface area contributed by atoms with Crippen molar-refractivity contribution in [3.05, 3.63) is 76.5 Å². The van der Waals surface area contributed by atoms with Crippen LogP contribution in [-0.2, 0) is 6.54 Å². The third kappa shape index (κ3) is 3.65. The van der Waals surface area contributed by atoms with Crippen LogP contribution in [0.4, 0.5) is 0 Å². The molecule has 2 aromatic carbocycles. The van der Waals surface area contributed by atoms with Crippen molar-refractivity contribution in [3.8, 4) is 11.5 Å². The Morgan fingerprint density at radius 1 is 1.13 bits per heavy atom. The molecule has 1 amide bonds. The lowest BCUT2D eigenvalue weighted by Gasteiger charge is -2.10. The van der Waals surface area contributed by atoms with Crippen LogP contribution in [0.15, 0.2) is 63.9 Å². The van der Waals surface area contributed by atoms with Gasteiger partial charge in [-0.1, -0.05) is 35.5 Å². The molecule has 116 valence electrons. The highest BCUT2D eigenvalue weighted by Gasteiger charge is 2.13. The number of hydrogen-bond acceptors (Lipinski definition) is 5. The van der Waals surface area contributed by atoms with E-state index in [9.17, 15) is 9.59 Å². The van der Waals surface area contributed by atoms with Crippen molar-refractivity contribution >= 4 is 5.91 Å². The molecular weight excluding hydrogens is 298 g/mol. The number of aromatic amines is 1. The van der Waals surface area contributed by atoms with Gasteiger partial charge in [-0.2, -0.15) is 0 Å². The Balaban J connectivity index is 1.74. The van der Waals surface area contributed by atoms with E-state index >= 15 is 0 Å². The minimum atomic E-state index is -0.665. The van der Waals surface area contributed by atoms with E-state index in [-0.39, 0.29) is 18.3 Å². The molecule has 0 spiro atoms. The van der Waals surface area contributed by atoms with Crippen molar-refractivity contribution < 1.29 is 14.1 Å². The highest BCUT2D eigenvalue weighted by Crippen LogP contribution is 2.24. The van der Waals surface area contributed by atoms with Crippen LogP contribution in [0.3, 0.4) is 0 Å². The quantitative estimate of drug-likeness (QED) is 0.752. The lowest BCUT2D eigenvalue weighted by molar-refractivity contribution is 0.0947. The van der Waals surface area contributed by atoms with Crippen LogP contribution in [0.5, 0.6) is 11.5 Å². The van der Waals surface area contributed by atoms with Gasteiger partial charge in [-0.25, -0.2) is 4.79 Å². The summed E-state index contributed by atoms with van der Waals surface area (Å²) >= 11 is 0. The number of para-hydroxylation sites is 2. The zero-order chi connectivity index (χ0) is 16.1. The highest BCUT2D eigenvalue weighted by molar-refractivity contribution is 5.96. The van der Waals surface area contributed by atoms with Gasteiger partial charge >= 0.3 is 5.76 Å². The molecule has 3 rings (SSSR count). The van der Waals surface area contributed by atoms with Gasteiger partial charge in [0.2, 0.25) is 0 Å². The Morgan fingerprint density at radius 2 is 1.87 bits per heavy atom. The zero-order valence-electron chi connectivity index (χ0n) is 12.0. The van der Waals surface area contributed by atoms with Gasteiger partial charge in [0, 0.05) is 0 Å². The van der Waals surface area contributed by atoms with Gasteiger partial charge in [-0.3, -0.25) is 14.3 Å². The SMILES string of the molecule is O=C(NCc1noc(=O)[nH]1)c1ccccc1Oc1ccccc1. The van der Waals surface area contributed by atoms with E-state index < -0.39 is 5.76 Å². The lowest BCUT2D eigenvalue weighted by Crippen LogP contribution is -2.24. The molecule has 3 aromatic rings. The summed E-state index contributed by atoms with van der Waals surface area (Å²) in [4.78, 5) is 25.5. The van der Waals surface area contributed by atoms with Crippen molar-refractivity contribution in [2.75, 3.05) is 0 Å². The van der Waals surface area contributed by atoms with E-state index in [4.69, 9.17) is 4.74 Å². The molecule has 0 saturated carbocycles. The monoisotopic (exact) mass is 311 g/mol. The number of rotatable bonds is 5. The van der Waals surface area contributed by atoms with E-state index in [2.05, 4.69) is 20.0 Å². The van der Waals surface area contributed by atoms with Crippen molar-refractivity contribution in [2.45, 2.75) is 6.54 Å². The summed E-state index contributed by atoms with van der Waals surface area (Å²) in [5.74, 6) is 0.297. The molecule has 0 aliphatic carbocycles. The second-order valence-corrected chi connectivity index (χ2v) is 4.64. The summed E-state index contributed by atoms with van der Waals surface area (Å²) < 4.78 is 10.1. The number of carbonyl (C=O) groups excluding carboxylic acids is 1. The van der Waals surface area contributed by atoms with E-state index in [1.54, 1.807) is 36.4 Å². The molecule has 0 saturated heterocycles. The van der Waals surface area contributed by atoms with Crippen LogP contribution < -0.4 is 15.8 Å². The molecule has 0 radical (unpaired) electrons. The van der Waals surface area contributed by atoms with E-state index in [1.807, 2.05) is 18.2 Å². The number of carbonyl (C=O) groups is 1. The summed E-state index contributed by atoms with van der Waals surface area (Å²) in [6.07, 6.45) is 0. The Morgan fingerprint density at radius 3 is 2.61 bits per heavy atom. The first-order chi connectivity index (χ1) is 11.2. The Bertz CT molecular complexity index is 855. The number of ether oxygens (including phenoxy) is 1. The molecule has 23 heavy (non-hydrogen) atoms. The summed E-state index contributed by atoms with van der Waals surface area (Å²) in [6.45, 7) is 0.0459. The predicted octanol–water partition coefficient (Wildman–Crippen LogP) is 2.09. The van der Waals surface area contributed by atoms with Gasteiger partial charge in [0.05, 0.1) is 12.1 Å². The van der Waals surface area contributed by atoms with E-state index in [1.165, 1.54) is 0 Å². The molecule has 2 N–H and O–H groups in total. The molecular formula is C16H13N3O4.